The molecule has 1 aliphatic carbocycles. The van der Waals surface area contributed by atoms with E-state index in [1.54, 1.807) is 0 Å². The van der Waals surface area contributed by atoms with Crippen LogP contribution in [0.3, 0.4) is 0 Å². The van der Waals surface area contributed by atoms with E-state index in [0.29, 0.717) is 0 Å². The van der Waals surface area contributed by atoms with Crippen LogP contribution in [0, 0.1) is 5.92 Å². The number of hydrogen-bond acceptors (Lipinski definition) is 2. The maximum absolute atomic E-state index is 3.62. The van der Waals surface area contributed by atoms with E-state index < -0.39 is 0 Å². The molecule has 0 aromatic heterocycles. The van der Waals surface area contributed by atoms with Crippen LogP contribution in [0.2, 0.25) is 0 Å². The number of likely N-dealkylation sites (tertiary alicyclic amines) is 1. The molecular formula is C12H24N2. The van der Waals surface area contributed by atoms with Crippen molar-refractivity contribution >= 4 is 0 Å². The zero-order valence-corrected chi connectivity index (χ0v) is 9.79. The van der Waals surface area contributed by atoms with Gasteiger partial charge in [0.2, 0.25) is 0 Å². The summed E-state index contributed by atoms with van der Waals surface area (Å²) >= 11 is 0. The maximum atomic E-state index is 3.62. The zero-order chi connectivity index (χ0) is 10.1. The molecular weight excluding hydrogens is 172 g/mol. The summed E-state index contributed by atoms with van der Waals surface area (Å²) in [5, 5.41) is 3.62. The molecule has 0 aromatic carbocycles. The molecule has 3 atom stereocenters. The molecule has 2 rings (SSSR count). The third-order valence-electron chi connectivity index (χ3n) is 4.10. The van der Waals surface area contributed by atoms with Crippen molar-refractivity contribution in [2.24, 2.45) is 5.92 Å². The number of nitrogens with one attached hydrogen (secondary N) is 1. The molecule has 2 nitrogen and oxygen atoms in total. The quantitative estimate of drug-likeness (QED) is 0.741. The van der Waals surface area contributed by atoms with Crippen LogP contribution in [0.25, 0.3) is 0 Å². The minimum atomic E-state index is 0.755. The minimum absolute atomic E-state index is 0.755. The minimum Gasteiger partial charge on any atom is -0.314 e. The second-order valence-corrected chi connectivity index (χ2v) is 5.02. The van der Waals surface area contributed by atoms with Crippen LogP contribution >= 0.6 is 0 Å². The van der Waals surface area contributed by atoms with Gasteiger partial charge in [0.1, 0.15) is 0 Å². The molecule has 0 aromatic rings. The second kappa shape index (κ2) is 4.19. The molecule has 0 radical (unpaired) electrons. The Morgan fingerprint density at radius 2 is 1.93 bits per heavy atom. The van der Waals surface area contributed by atoms with E-state index in [2.05, 4.69) is 31.0 Å². The van der Waals surface area contributed by atoms with E-state index >= 15 is 0 Å². The Kier molecular flexibility index (Phi) is 3.13. The van der Waals surface area contributed by atoms with Gasteiger partial charge in [-0.15, -0.1) is 0 Å². The standard InChI is InChI=1S/C12H24N2/c1-4-13-12-7-8-14(11-5-6-11)10(3)9(12)2/h9-13H,4-8H2,1-3H3. The lowest BCUT2D eigenvalue weighted by molar-refractivity contribution is 0.0786. The summed E-state index contributed by atoms with van der Waals surface area (Å²) in [6.45, 7) is 9.46. The summed E-state index contributed by atoms with van der Waals surface area (Å²) in [6.07, 6.45) is 4.24. The Balaban J connectivity index is 1.92. The van der Waals surface area contributed by atoms with Crippen molar-refractivity contribution in [1.29, 1.82) is 0 Å². The molecule has 0 spiro atoms. The van der Waals surface area contributed by atoms with E-state index in [4.69, 9.17) is 0 Å². The Labute approximate surface area is 88.1 Å². The Bertz CT molecular complexity index is 189. The molecule has 0 bridgehead atoms. The lowest BCUT2D eigenvalue weighted by Gasteiger charge is -2.43. The molecule has 2 fully saturated rings. The van der Waals surface area contributed by atoms with Crippen LogP contribution < -0.4 is 5.32 Å². The van der Waals surface area contributed by atoms with E-state index in [-0.39, 0.29) is 0 Å². The molecule has 1 N–H and O–H groups in total. The Hall–Kier alpha value is -0.0800. The van der Waals surface area contributed by atoms with Gasteiger partial charge in [-0.05, 0) is 38.6 Å². The summed E-state index contributed by atoms with van der Waals surface area (Å²) in [5.74, 6) is 0.810. The van der Waals surface area contributed by atoms with Gasteiger partial charge in [0.15, 0.2) is 0 Å². The average Bonchev–Trinajstić information content (AvgIpc) is 2.97. The first-order valence-electron chi connectivity index (χ1n) is 6.23. The van der Waals surface area contributed by atoms with Crippen LogP contribution in [-0.2, 0) is 0 Å². The average molecular weight is 196 g/mol. The monoisotopic (exact) mass is 196 g/mol. The normalized spacial score (nSPS) is 40.1. The Morgan fingerprint density at radius 3 is 2.50 bits per heavy atom. The molecule has 1 saturated carbocycles. The summed E-state index contributed by atoms with van der Waals surface area (Å²) < 4.78 is 0. The third-order valence-corrected chi connectivity index (χ3v) is 4.10. The molecule has 1 heterocycles. The van der Waals surface area contributed by atoms with Crippen LogP contribution in [0.1, 0.15) is 40.0 Å². The van der Waals surface area contributed by atoms with E-state index in [1.165, 1.54) is 25.8 Å². The highest BCUT2D eigenvalue weighted by molar-refractivity contribution is 4.95. The van der Waals surface area contributed by atoms with Crippen LogP contribution in [0.5, 0.6) is 0 Å². The first-order chi connectivity index (χ1) is 6.74. The van der Waals surface area contributed by atoms with E-state index in [9.17, 15) is 0 Å². The maximum Gasteiger partial charge on any atom is 0.0120 e. The van der Waals surface area contributed by atoms with Gasteiger partial charge < -0.3 is 5.32 Å². The van der Waals surface area contributed by atoms with E-state index in [0.717, 1.165) is 30.6 Å². The van der Waals surface area contributed by atoms with Gasteiger partial charge >= 0.3 is 0 Å². The molecule has 0 amide bonds. The van der Waals surface area contributed by atoms with Crippen LogP contribution in [0.15, 0.2) is 0 Å². The highest BCUT2D eigenvalue weighted by Crippen LogP contribution is 2.34. The van der Waals surface area contributed by atoms with E-state index in [1.807, 2.05) is 0 Å². The zero-order valence-electron chi connectivity index (χ0n) is 9.79. The summed E-state index contributed by atoms with van der Waals surface area (Å²) in [6, 6.07) is 2.47. The third kappa shape index (κ3) is 1.96. The van der Waals surface area contributed by atoms with Gasteiger partial charge in [0.05, 0.1) is 0 Å². The van der Waals surface area contributed by atoms with Crippen molar-refractivity contribution in [3.8, 4) is 0 Å². The largest absolute Gasteiger partial charge is 0.314 e. The lowest BCUT2D eigenvalue weighted by Crippen LogP contribution is -2.53. The molecule has 1 aliphatic heterocycles. The molecule has 82 valence electrons. The molecule has 14 heavy (non-hydrogen) atoms. The van der Waals surface area contributed by atoms with Gasteiger partial charge in [-0.3, -0.25) is 4.90 Å². The number of piperidine rings is 1. The van der Waals surface area contributed by atoms with Gasteiger partial charge in [-0.25, -0.2) is 0 Å². The van der Waals surface area contributed by atoms with Crippen molar-refractivity contribution in [2.45, 2.75) is 58.2 Å². The second-order valence-electron chi connectivity index (χ2n) is 5.02. The summed E-state index contributed by atoms with van der Waals surface area (Å²) in [7, 11) is 0. The van der Waals surface area contributed by atoms with Crippen LogP contribution in [-0.4, -0.2) is 36.1 Å². The summed E-state index contributed by atoms with van der Waals surface area (Å²) in [5.41, 5.74) is 0. The summed E-state index contributed by atoms with van der Waals surface area (Å²) in [4.78, 5) is 2.73. The van der Waals surface area contributed by atoms with Gasteiger partial charge in [0.25, 0.3) is 0 Å². The molecule has 2 heteroatoms. The van der Waals surface area contributed by atoms with Crippen LogP contribution in [0.4, 0.5) is 0 Å². The van der Waals surface area contributed by atoms with Crippen molar-refractivity contribution < 1.29 is 0 Å². The fourth-order valence-corrected chi connectivity index (χ4v) is 2.86. The highest BCUT2D eigenvalue weighted by Gasteiger charge is 2.39. The fraction of sp³-hybridized carbons (Fsp3) is 1.00. The van der Waals surface area contributed by atoms with Gasteiger partial charge in [0, 0.05) is 24.7 Å². The molecule has 3 unspecified atom stereocenters. The SMILES string of the molecule is CCNC1CCN(C2CC2)C(C)C1C. The van der Waals surface area contributed by atoms with Crippen molar-refractivity contribution in [3.63, 3.8) is 0 Å². The fourth-order valence-electron chi connectivity index (χ4n) is 2.86. The van der Waals surface area contributed by atoms with Gasteiger partial charge in [-0.2, -0.15) is 0 Å². The Morgan fingerprint density at radius 1 is 1.21 bits per heavy atom. The first-order valence-corrected chi connectivity index (χ1v) is 6.23. The number of nitrogens with zero attached hydrogens (tertiary/aromatic N) is 1. The molecule has 2 aliphatic rings. The highest BCUT2D eigenvalue weighted by atomic mass is 15.2. The smallest absolute Gasteiger partial charge is 0.0120 e. The topological polar surface area (TPSA) is 15.3 Å². The van der Waals surface area contributed by atoms with Crippen molar-refractivity contribution in [2.75, 3.05) is 13.1 Å². The van der Waals surface area contributed by atoms with Gasteiger partial charge in [-0.1, -0.05) is 13.8 Å². The van der Waals surface area contributed by atoms with Crippen molar-refractivity contribution in [1.82, 2.24) is 10.2 Å². The molecule has 1 saturated heterocycles. The predicted molar refractivity (Wildman–Crippen MR) is 60.4 cm³/mol. The lowest BCUT2D eigenvalue weighted by atomic mass is 9.87. The number of rotatable bonds is 3. The predicted octanol–water partition coefficient (Wildman–Crippen LogP) is 1.86. The first kappa shape index (κ1) is 10.4. The number of hydrogen-bond donors (Lipinski definition) is 1. The van der Waals surface area contributed by atoms with Crippen molar-refractivity contribution in [3.05, 3.63) is 0 Å².